The van der Waals surface area contributed by atoms with Gasteiger partial charge < -0.3 is 29.7 Å². The van der Waals surface area contributed by atoms with Crippen molar-refractivity contribution in [3.05, 3.63) is 17.7 Å². The van der Waals surface area contributed by atoms with E-state index >= 15 is 0 Å². The summed E-state index contributed by atoms with van der Waals surface area (Å²) in [7, 11) is 0. The van der Waals surface area contributed by atoms with Gasteiger partial charge in [-0.2, -0.15) is 8.78 Å². The lowest BCUT2D eigenvalue weighted by molar-refractivity contribution is -0.0505. The molecule has 2 aliphatic heterocycles. The van der Waals surface area contributed by atoms with Crippen LogP contribution in [0, 0.1) is 0 Å². The minimum atomic E-state index is -2.92. The first-order valence-corrected chi connectivity index (χ1v) is 9.77. The van der Waals surface area contributed by atoms with Gasteiger partial charge in [0.2, 0.25) is 6.79 Å². The highest BCUT2D eigenvalue weighted by Gasteiger charge is 2.20. The van der Waals surface area contributed by atoms with Gasteiger partial charge >= 0.3 is 6.61 Å². The maximum absolute atomic E-state index is 12.8. The molecule has 7 nitrogen and oxygen atoms in total. The summed E-state index contributed by atoms with van der Waals surface area (Å²) in [5.41, 5.74) is 0.512. The molecule has 0 aromatic heterocycles. The second kappa shape index (κ2) is 12.2. The fraction of sp³-hybridized carbons (Fsp3) is 0.632. The topological polar surface area (TPSA) is 67.4 Å². The summed E-state index contributed by atoms with van der Waals surface area (Å²) in [5.74, 6) is 1.59. The molecule has 164 valence electrons. The second-order valence-corrected chi connectivity index (χ2v) is 6.72. The van der Waals surface area contributed by atoms with Crippen molar-refractivity contribution in [1.82, 2.24) is 15.5 Å². The molecule has 0 saturated carbocycles. The largest absolute Gasteiger partial charge is 0.454 e. The molecule has 29 heavy (non-hydrogen) atoms. The van der Waals surface area contributed by atoms with Gasteiger partial charge in [0.15, 0.2) is 17.5 Å². The number of guanidine groups is 1. The predicted molar refractivity (Wildman–Crippen MR) is 118 cm³/mol. The summed E-state index contributed by atoms with van der Waals surface area (Å²) in [6, 6.07) is 3.07. The molecule has 0 amide bonds. The van der Waals surface area contributed by atoms with E-state index in [2.05, 4.69) is 25.3 Å². The minimum absolute atomic E-state index is 0. The Hall–Kier alpha value is -1.56. The monoisotopic (exact) mass is 526 g/mol. The van der Waals surface area contributed by atoms with Crippen LogP contribution >= 0.6 is 24.0 Å². The van der Waals surface area contributed by atoms with Crippen LogP contribution in [0.1, 0.15) is 31.7 Å². The van der Waals surface area contributed by atoms with Crippen molar-refractivity contribution in [2.24, 2.45) is 4.99 Å². The number of hydrogen-bond acceptors (Lipinski definition) is 5. The Balaban J connectivity index is 0.00000300. The second-order valence-electron chi connectivity index (χ2n) is 6.72. The summed E-state index contributed by atoms with van der Waals surface area (Å²) < 4.78 is 40.7. The van der Waals surface area contributed by atoms with Gasteiger partial charge in [-0.1, -0.05) is 6.42 Å². The van der Waals surface area contributed by atoms with Crippen LogP contribution in [0.25, 0.3) is 0 Å². The number of aliphatic imine (C=N–C) groups is 1. The molecule has 0 radical (unpaired) electrons. The lowest BCUT2D eigenvalue weighted by Gasteiger charge is -2.26. The molecule has 2 aliphatic rings. The maximum Gasteiger partial charge on any atom is 0.387 e. The highest BCUT2D eigenvalue weighted by molar-refractivity contribution is 14.0. The van der Waals surface area contributed by atoms with Crippen molar-refractivity contribution in [3.63, 3.8) is 0 Å². The van der Waals surface area contributed by atoms with Crippen molar-refractivity contribution in [3.8, 4) is 17.2 Å². The van der Waals surface area contributed by atoms with Crippen LogP contribution in [-0.2, 0) is 6.54 Å². The molecule has 1 fully saturated rings. The zero-order chi connectivity index (χ0) is 19.8. The average molecular weight is 526 g/mol. The summed E-state index contributed by atoms with van der Waals surface area (Å²) in [5, 5.41) is 6.48. The quantitative estimate of drug-likeness (QED) is 0.308. The molecule has 10 heteroatoms. The van der Waals surface area contributed by atoms with Crippen LogP contribution in [0.4, 0.5) is 8.78 Å². The third kappa shape index (κ3) is 7.32. The lowest BCUT2D eigenvalue weighted by Crippen LogP contribution is -2.42. The van der Waals surface area contributed by atoms with Gasteiger partial charge in [0.25, 0.3) is 0 Å². The summed E-state index contributed by atoms with van der Waals surface area (Å²) in [6.07, 6.45) is 3.82. The standard InChI is InChI=1S/C19H28F2N4O3.HI/c1-2-22-19(23-6-9-25-7-4-3-5-8-25)24-12-14-10-16-17(27-13-26-16)11-15(14)28-18(20)21;/h10-11,18H,2-9,12-13H2,1H3,(H2,22,23,24);1H. The third-order valence-corrected chi connectivity index (χ3v) is 4.69. The number of ether oxygens (including phenoxy) is 3. The maximum atomic E-state index is 12.8. The number of alkyl halides is 2. The zero-order valence-electron chi connectivity index (χ0n) is 16.6. The van der Waals surface area contributed by atoms with Gasteiger partial charge in [-0.3, -0.25) is 0 Å². The molecule has 0 spiro atoms. The van der Waals surface area contributed by atoms with Crippen LogP contribution in [-0.4, -0.2) is 57.0 Å². The number of nitrogens with zero attached hydrogens (tertiary/aromatic N) is 2. The molecule has 0 aliphatic carbocycles. The normalized spacial score (nSPS) is 16.5. The summed E-state index contributed by atoms with van der Waals surface area (Å²) in [6.45, 7) is 4.02. The number of halogens is 3. The molecule has 0 bridgehead atoms. The minimum Gasteiger partial charge on any atom is -0.454 e. The molecule has 1 saturated heterocycles. The first-order valence-electron chi connectivity index (χ1n) is 9.77. The lowest BCUT2D eigenvalue weighted by atomic mass is 10.1. The number of rotatable bonds is 8. The molecular formula is C19H29F2IN4O3. The number of fused-ring (bicyclic) bond motifs is 1. The molecule has 3 rings (SSSR count). The Morgan fingerprint density at radius 2 is 1.90 bits per heavy atom. The van der Waals surface area contributed by atoms with E-state index < -0.39 is 6.61 Å². The van der Waals surface area contributed by atoms with Gasteiger partial charge in [-0.05, 0) is 38.9 Å². The molecular weight excluding hydrogens is 497 g/mol. The van der Waals surface area contributed by atoms with Crippen molar-refractivity contribution >= 4 is 29.9 Å². The number of piperidine rings is 1. The van der Waals surface area contributed by atoms with Crippen molar-refractivity contribution in [1.29, 1.82) is 0 Å². The van der Waals surface area contributed by atoms with Crippen molar-refractivity contribution in [2.45, 2.75) is 39.3 Å². The number of nitrogens with one attached hydrogen (secondary N) is 2. The molecule has 0 atom stereocenters. The fourth-order valence-electron chi connectivity index (χ4n) is 3.32. The Bertz CT molecular complexity index is 673. The van der Waals surface area contributed by atoms with Gasteiger partial charge in [-0.15, -0.1) is 24.0 Å². The van der Waals surface area contributed by atoms with E-state index in [1.165, 1.54) is 25.3 Å². The van der Waals surface area contributed by atoms with Crippen LogP contribution < -0.4 is 24.8 Å². The van der Waals surface area contributed by atoms with Gasteiger partial charge in [0.1, 0.15) is 5.75 Å². The highest BCUT2D eigenvalue weighted by Crippen LogP contribution is 2.39. The van der Waals surface area contributed by atoms with E-state index in [0.29, 0.717) is 29.6 Å². The third-order valence-electron chi connectivity index (χ3n) is 4.69. The van der Waals surface area contributed by atoms with Crippen molar-refractivity contribution < 1.29 is 23.0 Å². The number of benzene rings is 1. The van der Waals surface area contributed by atoms with E-state index in [4.69, 9.17) is 9.47 Å². The van der Waals surface area contributed by atoms with E-state index in [1.54, 1.807) is 6.07 Å². The van der Waals surface area contributed by atoms with E-state index in [9.17, 15) is 8.78 Å². The average Bonchev–Trinajstić information content (AvgIpc) is 3.13. The first-order chi connectivity index (χ1) is 13.7. The van der Waals surface area contributed by atoms with E-state index in [0.717, 1.165) is 26.2 Å². The van der Waals surface area contributed by atoms with Crippen molar-refractivity contribution in [2.75, 3.05) is 39.5 Å². The first kappa shape index (κ1) is 23.7. The SMILES string of the molecule is CCNC(=NCc1cc2c(cc1OC(F)F)OCO2)NCCN1CCCCC1.I. The Morgan fingerprint density at radius 1 is 1.17 bits per heavy atom. The Kier molecular flexibility index (Phi) is 9.98. The van der Waals surface area contributed by atoms with Gasteiger partial charge in [0.05, 0.1) is 6.54 Å². The van der Waals surface area contributed by atoms with Gasteiger partial charge in [0, 0.05) is 31.3 Å². The molecule has 2 heterocycles. The molecule has 1 aromatic carbocycles. The number of hydrogen-bond donors (Lipinski definition) is 2. The molecule has 1 aromatic rings. The highest BCUT2D eigenvalue weighted by atomic mass is 127. The summed E-state index contributed by atoms with van der Waals surface area (Å²) >= 11 is 0. The molecule has 2 N–H and O–H groups in total. The predicted octanol–water partition coefficient (Wildman–Crippen LogP) is 3.18. The Morgan fingerprint density at radius 3 is 2.59 bits per heavy atom. The van der Waals surface area contributed by atoms with E-state index in [-0.39, 0.29) is 43.1 Å². The van der Waals surface area contributed by atoms with E-state index in [1.807, 2.05) is 6.92 Å². The van der Waals surface area contributed by atoms with Crippen LogP contribution in [0.5, 0.6) is 17.2 Å². The van der Waals surface area contributed by atoms with Gasteiger partial charge in [-0.25, -0.2) is 4.99 Å². The number of likely N-dealkylation sites (tertiary alicyclic amines) is 1. The van der Waals surface area contributed by atoms with Crippen LogP contribution in [0.3, 0.4) is 0 Å². The fourth-order valence-corrected chi connectivity index (χ4v) is 3.32. The van der Waals surface area contributed by atoms with Crippen LogP contribution in [0.15, 0.2) is 17.1 Å². The van der Waals surface area contributed by atoms with Crippen LogP contribution in [0.2, 0.25) is 0 Å². The zero-order valence-corrected chi connectivity index (χ0v) is 18.9. The Labute approximate surface area is 187 Å². The smallest absolute Gasteiger partial charge is 0.387 e. The molecule has 0 unspecified atom stereocenters. The summed E-state index contributed by atoms with van der Waals surface area (Å²) in [4.78, 5) is 6.95.